The highest BCUT2D eigenvalue weighted by Gasteiger charge is 2.34. The number of hydrogen-bond donors (Lipinski definition) is 2. The first-order chi connectivity index (χ1) is 14.7. The van der Waals surface area contributed by atoms with E-state index in [4.69, 9.17) is 10.5 Å². The van der Waals surface area contributed by atoms with Gasteiger partial charge in [0.15, 0.2) is 5.69 Å². The van der Waals surface area contributed by atoms with Crippen LogP contribution in [0.3, 0.4) is 0 Å². The van der Waals surface area contributed by atoms with Crippen molar-refractivity contribution in [3.8, 4) is 0 Å². The lowest BCUT2D eigenvalue weighted by Crippen LogP contribution is -2.42. The molecule has 9 nitrogen and oxygen atoms in total. The van der Waals surface area contributed by atoms with Gasteiger partial charge >= 0.3 is 11.7 Å². The number of nitrogens with zero attached hydrogens (tertiary/aromatic N) is 2. The highest BCUT2D eigenvalue weighted by Crippen LogP contribution is 2.34. The third-order valence-electron chi connectivity index (χ3n) is 5.20. The second-order valence-corrected chi connectivity index (χ2v) is 8.08. The number of carbonyl (C=O) groups excluding carboxylic acids is 2. The molecule has 166 valence electrons. The van der Waals surface area contributed by atoms with Crippen molar-refractivity contribution in [3.63, 3.8) is 0 Å². The van der Waals surface area contributed by atoms with E-state index < -0.39 is 29.2 Å². The van der Waals surface area contributed by atoms with Gasteiger partial charge in [-0.2, -0.15) is 0 Å². The number of esters is 1. The number of hydrogen-bond acceptors (Lipinski definition) is 6. The number of ether oxygens (including phenoxy) is 1. The molecule has 31 heavy (non-hydrogen) atoms. The first-order valence-corrected chi connectivity index (χ1v) is 10.5. The monoisotopic (exact) mass is 428 g/mol. The SMILES string of the molecule is CCCCN(C(=O)C[C@@H]1OC(=O)c2ccccc21)c1c(N)n(CC(C)C)c(=O)[nH]c1=O. The van der Waals surface area contributed by atoms with Crippen molar-refractivity contribution in [2.45, 2.75) is 52.7 Å². The number of rotatable bonds is 8. The van der Waals surface area contributed by atoms with E-state index in [1.54, 1.807) is 24.3 Å². The maximum absolute atomic E-state index is 13.3. The molecule has 1 aliphatic heterocycles. The van der Waals surface area contributed by atoms with Gasteiger partial charge in [-0.15, -0.1) is 0 Å². The first kappa shape index (κ1) is 22.3. The highest BCUT2D eigenvalue weighted by molar-refractivity contribution is 5.98. The summed E-state index contributed by atoms with van der Waals surface area (Å²) in [4.78, 5) is 53.9. The Balaban J connectivity index is 1.98. The lowest BCUT2D eigenvalue weighted by Gasteiger charge is -2.26. The van der Waals surface area contributed by atoms with Crippen LogP contribution in [0.5, 0.6) is 0 Å². The Morgan fingerprint density at radius 1 is 1.26 bits per heavy atom. The summed E-state index contributed by atoms with van der Waals surface area (Å²) in [6.45, 7) is 6.36. The summed E-state index contributed by atoms with van der Waals surface area (Å²) in [5.41, 5.74) is 5.92. The molecule has 0 saturated heterocycles. The molecule has 3 rings (SSSR count). The molecular weight excluding hydrogens is 400 g/mol. The van der Waals surface area contributed by atoms with Gasteiger partial charge in [0.25, 0.3) is 5.56 Å². The van der Waals surface area contributed by atoms with Crippen LogP contribution in [-0.4, -0.2) is 28.0 Å². The van der Waals surface area contributed by atoms with E-state index in [9.17, 15) is 19.2 Å². The number of benzene rings is 1. The van der Waals surface area contributed by atoms with Crippen molar-refractivity contribution >= 4 is 23.4 Å². The third-order valence-corrected chi connectivity index (χ3v) is 5.20. The predicted octanol–water partition coefficient (Wildman–Crippen LogP) is 2.21. The number of aromatic nitrogens is 2. The predicted molar refractivity (Wildman–Crippen MR) is 117 cm³/mol. The van der Waals surface area contributed by atoms with E-state index >= 15 is 0 Å². The van der Waals surface area contributed by atoms with Gasteiger partial charge in [0.1, 0.15) is 11.9 Å². The zero-order valence-electron chi connectivity index (χ0n) is 18.0. The second-order valence-electron chi connectivity index (χ2n) is 8.08. The maximum Gasteiger partial charge on any atom is 0.339 e. The number of nitrogen functional groups attached to an aromatic ring is 1. The largest absolute Gasteiger partial charge is 0.453 e. The minimum atomic E-state index is -0.734. The number of cyclic esters (lactones) is 1. The topological polar surface area (TPSA) is 127 Å². The zero-order valence-corrected chi connectivity index (χ0v) is 18.0. The Kier molecular flexibility index (Phi) is 6.62. The molecule has 2 heterocycles. The van der Waals surface area contributed by atoms with Crippen LogP contribution in [0.1, 0.15) is 62.1 Å². The van der Waals surface area contributed by atoms with Gasteiger partial charge < -0.3 is 15.4 Å². The number of amides is 1. The van der Waals surface area contributed by atoms with E-state index in [1.165, 1.54) is 9.47 Å². The summed E-state index contributed by atoms with van der Waals surface area (Å²) in [5.74, 6) is -0.824. The molecule has 1 aromatic heterocycles. The lowest BCUT2D eigenvalue weighted by molar-refractivity contribution is -0.120. The highest BCUT2D eigenvalue weighted by atomic mass is 16.5. The van der Waals surface area contributed by atoms with Crippen molar-refractivity contribution in [1.29, 1.82) is 0 Å². The Morgan fingerprint density at radius 2 is 1.97 bits per heavy atom. The van der Waals surface area contributed by atoms with E-state index in [1.807, 2.05) is 20.8 Å². The van der Waals surface area contributed by atoms with Crippen LogP contribution >= 0.6 is 0 Å². The fourth-order valence-corrected chi connectivity index (χ4v) is 3.70. The van der Waals surface area contributed by atoms with Crippen LogP contribution in [0.4, 0.5) is 11.5 Å². The van der Waals surface area contributed by atoms with Gasteiger partial charge in [0.05, 0.1) is 12.0 Å². The third kappa shape index (κ3) is 4.55. The molecule has 1 atom stereocenters. The lowest BCUT2D eigenvalue weighted by atomic mass is 10.0. The van der Waals surface area contributed by atoms with Crippen LogP contribution in [-0.2, 0) is 16.1 Å². The molecule has 0 spiro atoms. The van der Waals surface area contributed by atoms with Crippen molar-refractivity contribution in [2.24, 2.45) is 5.92 Å². The second kappa shape index (κ2) is 9.20. The van der Waals surface area contributed by atoms with Gasteiger partial charge in [0.2, 0.25) is 5.91 Å². The Morgan fingerprint density at radius 3 is 2.65 bits per heavy atom. The van der Waals surface area contributed by atoms with Crippen LogP contribution < -0.4 is 21.9 Å². The molecule has 2 aromatic rings. The van der Waals surface area contributed by atoms with Gasteiger partial charge in [0, 0.05) is 18.7 Å². The quantitative estimate of drug-likeness (QED) is 0.621. The molecular formula is C22H28N4O5. The van der Waals surface area contributed by atoms with Crippen molar-refractivity contribution in [1.82, 2.24) is 9.55 Å². The number of unbranched alkanes of at least 4 members (excludes halogenated alkanes) is 1. The van der Waals surface area contributed by atoms with Crippen LogP contribution in [0, 0.1) is 5.92 Å². The average molecular weight is 428 g/mol. The number of nitrogens with two attached hydrogens (primary N) is 1. The first-order valence-electron chi connectivity index (χ1n) is 10.5. The molecule has 0 bridgehead atoms. The molecule has 0 unspecified atom stereocenters. The summed E-state index contributed by atoms with van der Waals surface area (Å²) in [7, 11) is 0. The van der Waals surface area contributed by atoms with Crippen LogP contribution in [0.15, 0.2) is 33.9 Å². The maximum atomic E-state index is 13.3. The van der Waals surface area contributed by atoms with E-state index in [0.717, 1.165) is 6.42 Å². The molecule has 1 amide bonds. The molecule has 3 N–H and O–H groups in total. The molecule has 9 heteroatoms. The molecule has 0 radical (unpaired) electrons. The molecule has 1 aliphatic rings. The number of anilines is 2. The fraction of sp³-hybridized carbons (Fsp3) is 0.455. The summed E-state index contributed by atoms with van der Waals surface area (Å²) in [6, 6.07) is 6.91. The number of H-pyrrole nitrogens is 1. The van der Waals surface area contributed by atoms with Gasteiger partial charge in [-0.25, -0.2) is 9.59 Å². The Bertz CT molecular complexity index is 1100. The Labute approximate surface area is 179 Å². The zero-order chi connectivity index (χ0) is 22.7. The molecule has 1 aromatic carbocycles. The standard InChI is InChI=1S/C22H28N4O5/c1-4-5-10-25(18-19(23)26(12-13(2)3)22(30)24-20(18)28)17(27)11-16-14-8-6-7-9-15(14)21(29)31-16/h6-9,13,16H,4-5,10-12,23H2,1-3H3,(H,24,28,30)/t16-/m0/s1. The summed E-state index contributed by atoms with van der Waals surface area (Å²) < 4.78 is 6.67. The average Bonchev–Trinajstić information content (AvgIpc) is 3.03. The van der Waals surface area contributed by atoms with Gasteiger partial charge in [-0.3, -0.25) is 19.1 Å². The number of nitrogens with one attached hydrogen (secondary N) is 1. The smallest absolute Gasteiger partial charge is 0.339 e. The Hall–Kier alpha value is -3.36. The number of carbonyl (C=O) groups is 2. The van der Waals surface area contributed by atoms with Crippen molar-refractivity contribution < 1.29 is 14.3 Å². The van der Waals surface area contributed by atoms with Crippen LogP contribution in [0.2, 0.25) is 0 Å². The summed E-state index contributed by atoms with van der Waals surface area (Å²) >= 11 is 0. The number of fused-ring (bicyclic) bond motifs is 1. The molecule has 0 saturated carbocycles. The molecule has 0 fully saturated rings. The van der Waals surface area contributed by atoms with Gasteiger partial charge in [-0.1, -0.05) is 45.4 Å². The van der Waals surface area contributed by atoms with Crippen molar-refractivity contribution in [3.05, 3.63) is 56.2 Å². The van der Waals surface area contributed by atoms with Crippen LogP contribution in [0.25, 0.3) is 0 Å². The van der Waals surface area contributed by atoms with Gasteiger partial charge in [-0.05, 0) is 18.4 Å². The normalized spacial score (nSPS) is 15.1. The minimum absolute atomic E-state index is 0.0451. The van der Waals surface area contributed by atoms with E-state index in [2.05, 4.69) is 4.98 Å². The van der Waals surface area contributed by atoms with E-state index in [0.29, 0.717) is 24.1 Å². The molecule has 0 aliphatic carbocycles. The summed E-state index contributed by atoms with van der Waals surface area (Å²) in [5, 5.41) is 0. The summed E-state index contributed by atoms with van der Waals surface area (Å²) in [6.07, 6.45) is 0.556. The minimum Gasteiger partial charge on any atom is -0.453 e. The fourth-order valence-electron chi connectivity index (χ4n) is 3.70. The number of aromatic amines is 1. The van der Waals surface area contributed by atoms with Crippen molar-refractivity contribution in [2.75, 3.05) is 17.2 Å². The van der Waals surface area contributed by atoms with E-state index in [-0.39, 0.29) is 30.4 Å².